The molecule has 0 aliphatic rings. The first-order valence-electron chi connectivity index (χ1n) is 11.5. The average Bonchev–Trinajstić information content (AvgIpc) is 3.32. The van der Waals surface area contributed by atoms with Gasteiger partial charge in [0.2, 0.25) is 5.91 Å². The molecule has 5 aromatic rings. The Kier molecular flexibility index (Phi) is 6.06. The smallest absolute Gasteiger partial charge is 0.244 e. The van der Waals surface area contributed by atoms with Gasteiger partial charge in [-0.15, -0.1) is 0 Å². The topological polar surface area (TPSA) is 64.4 Å². The van der Waals surface area contributed by atoms with Crippen LogP contribution in [0.15, 0.2) is 89.7 Å². The number of pyridine rings is 1. The Morgan fingerprint density at radius 3 is 2.63 bits per heavy atom. The zero-order valence-corrected chi connectivity index (χ0v) is 20.0. The monoisotopic (exact) mass is 462 g/mol. The van der Waals surface area contributed by atoms with E-state index in [1.54, 1.807) is 25.6 Å². The lowest BCUT2D eigenvalue weighted by molar-refractivity contribution is -0.116. The number of fused-ring (bicyclic) bond motifs is 2. The van der Waals surface area contributed by atoms with E-state index >= 15 is 0 Å². The Labute approximate surface area is 204 Å². The number of amides is 1. The van der Waals surface area contributed by atoms with Crippen LogP contribution in [0.25, 0.3) is 38.4 Å². The molecule has 0 aliphatic heterocycles. The number of benzene rings is 3. The molecule has 1 amide bonds. The van der Waals surface area contributed by atoms with Gasteiger partial charge in [0, 0.05) is 34.3 Å². The van der Waals surface area contributed by atoms with Gasteiger partial charge in [0.25, 0.3) is 0 Å². The minimum Gasteiger partial charge on any atom is -0.496 e. The number of aromatic nitrogens is 1. The molecule has 2 aromatic heterocycles. The zero-order valence-electron chi connectivity index (χ0n) is 20.0. The molecule has 0 atom stereocenters. The predicted octanol–water partition coefficient (Wildman–Crippen LogP) is 6.68. The molecule has 5 heteroatoms. The molecule has 35 heavy (non-hydrogen) atoms. The maximum Gasteiger partial charge on any atom is 0.244 e. The summed E-state index contributed by atoms with van der Waals surface area (Å²) in [6, 6.07) is 22.3. The maximum absolute atomic E-state index is 12.7. The van der Waals surface area contributed by atoms with Crippen LogP contribution in [0.2, 0.25) is 0 Å². The first-order chi connectivity index (χ1) is 17.1. The number of allylic oxidation sites excluding steroid dienone is 1. The Morgan fingerprint density at radius 1 is 1.03 bits per heavy atom. The minimum atomic E-state index is -0.186. The Bertz CT molecular complexity index is 1560. The van der Waals surface area contributed by atoms with Crippen LogP contribution in [0, 0.1) is 6.92 Å². The van der Waals surface area contributed by atoms with Crippen LogP contribution in [-0.4, -0.2) is 18.0 Å². The number of ether oxygens (including phenoxy) is 1. The van der Waals surface area contributed by atoms with E-state index in [4.69, 9.17) is 9.15 Å². The number of methoxy groups -OCH3 is 1. The van der Waals surface area contributed by atoms with Gasteiger partial charge in [-0.05, 0) is 54.0 Å². The normalized spacial score (nSPS) is 11.7. The third kappa shape index (κ3) is 4.28. The van der Waals surface area contributed by atoms with Gasteiger partial charge in [-0.1, -0.05) is 48.5 Å². The van der Waals surface area contributed by atoms with Crippen LogP contribution < -0.4 is 10.1 Å². The van der Waals surface area contributed by atoms with Gasteiger partial charge >= 0.3 is 0 Å². The van der Waals surface area contributed by atoms with Crippen molar-refractivity contribution >= 4 is 33.2 Å². The number of rotatable bonds is 6. The Balaban J connectivity index is 1.56. The molecule has 3 aromatic carbocycles. The molecule has 1 N–H and O–H groups in total. The van der Waals surface area contributed by atoms with Crippen molar-refractivity contribution in [3.8, 4) is 16.9 Å². The van der Waals surface area contributed by atoms with Crippen molar-refractivity contribution < 1.29 is 13.9 Å². The molecule has 0 bridgehead atoms. The number of carbonyl (C=O) groups is 1. The quantitative estimate of drug-likeness (QED) is 0.286. The number of nitrogens with one attached hydrogen (secondary N) is 1. The van der Waals surface area contributed by atoms with Gasteiger partial charge < -0.3 is 14.5 Å². The lowest BCUT2D eigenvalue weighted by Gasteiger charge is -2.14. The molecule has 5 nitrogen and oxygen atoms in total. The first kappa shape index (κ1) is 22.4. The van der Waals surface area contributed by atoms with E-state index in [2.05, 4.69) is 46.7 Å². The molecular formula is C30H26N2O3. The number of carbonyl (C=O) groups excluding carboxylic acids is 1. The summed E-state index contributed by atoms with van der Waals surface area (Å²) in [7, 11) is 1.64. The number of hydrogen-bond acceptors (Lipinski definition) is 4. The zero-order chi connectivity index (χ0) is 24.4. The molecule has 0 saturated heterocycles. The van der Waals surface area contributed by atoms with Gasteiger partial charge in [-0.2, -0.15) is 0 Å². The summed E-state index contributed by atoms with van der Waals surface area (Å²) < 4.78 is 11.8. The van der Waals surface area contributed by atoms with Gasteiger partial charge in [0.05, 0.1) is 25.6 Å². The number of nitrogens with zero attached hydrogens (tertiary/aromatic N) is 1. The predicted molar refractivity (Wildman–Crippen MR) is 140 cm³/mol. The van der Waals surface area contributed by atoms with Crippen molar-refractivity contribution in [2.45, 2.75) is 20.4 Å². The van der Waals surface area contributed by atoms with Crippen molar-refractivity contribution in [2.24, 2.45) is 0 Å². The first-order valence-corrected chi connectivity index (χ1v) is 11.5. The molecule has 5 rings (SSSR count). The van der Waals surface area contributed by atoms with Crippen LogP contribution in [0.1, 0.15) is 23.7 Å². The lowest BCUT2D eigenvalue weighted by atomic mass is 9.94. The van der Waals surface area contributed by atoms with E-state index in [9.17, 15) is 4.79 Å². The third-order valence-corrected chi connectivity index (χ3v) is 6.27. The second-order valence-corrected chi connectivity index (χ2v) is 8.50. The molecule has 0 aliphatic carbocycles. The van der Waals surface area contributed by atoms with Crippen LogP contribution in [0.4, 0.5) is 0 Å². The lowest BCUT2D eigenvalue weighted by Crippen LogP contribution is -2.21. The fraction of sp³-hybridized carbons (Fsp3) is 0.133. The van der Waals surface area contributed by atoms with E-state index in [1.165, 1.54) is 5.39 Å². The minimum absolute atomic E-state index is 0.186. The maximum atomic E-state index is 12.7. The van der Waals surface area contributed by atoms with E-state index < -0.39 is 0 Å². The van der Waals surface area contributed by atoms with Crippen molar-refractivity contribution in [3.63, 3.8) is 0 Å². The molecule has 0 saturated carbocycles. The van der Waals surface area contributed by atoms with Crippen LogP contribution in [0.3, 0.4) is 0 Å². The standard InChI is InChI=1S/C30H26N2O3/c1-19(15-28(33)32-17-22-11-6-7-14-31-22)25-16-26-27(18-35-30(26)20(2)29(25)34-3)24-13-8-10-21-9-4-5-12-23(21)24/h4-16,18H,17H2,1-3H3,(H,32,33)/b19-15+. The second kappa shape index (κ2) is 9.47. The van der Waals surface area contributed by atoms with Gasteiger partial charge in [0.15, 0.2) is 0 Å². The van der Waals surface area contributed by atoms with Gasteiger partial charge in [-0.3, -0.25) is 9.78 Å². The summed E-state index contributed by atoms with van der Waals surface area (Å²) in [5.74, 6) is 0.511. The third-order valence-electron chi connectivity index (χ3n) is 6.27. The fourth-order valence-corrected chi connectivity index (χ4v) is 4.55. The van der Waals surface area contributed by atoms with Crippen molar-refractivity contribution in [1.82, 2.24) is 10.3 Å². The van der Waals surface area contributed by atoms with Crippen LogP contribution >= 0.6 is 0 Å². The second-order valence-electron chi connectivity index (χ2n) is 8.50. The SMILES string of the molecule is COc1c(/C(C)=C/C(=O)NCc2ccccn2)cc2c(-c3cccc4ccccc34)coc2c1C. The highest BCUT2D eigenvalue weighted by Crippen LogP contribution is 2.42. The van der Waals surface area contributed by atoms with Crippen LogP contribution in [0.5, 0.6) is 5.75 Å². The number of aryl methyl sites for hydroxylation is 1. The molecule has 2 heterocycles. The molecule has 174 valence electrons. The number of furan rings is 1. The Morgan fingerprint density at radius 2 is 1.83 bits per heavy atom. The van der Waals surface area contributed by atoms with Gasteiger partial charge in [0.1, 0.15) is 11.3 Å². The van der Waals surface area contributed by atoms with Crippen molar-refractivity contribution in [2.75, 3.05) is 7.11 Å². The van der Waals surface area contributed by atoms with Crippen molar-refractivity contribution in [1.29, 1.82) is 0 Å². The summed E-state index contributed by atoms with van der Waals surface area (Å²) in [6.45, 7) is 4.27. The largest absolute Gasteiger partial charge is 0.496 e. The average molecular weight is 463 g/mol. The summed E-state index contributed by atoms with van der Waals surface area (Å²) in [4.78, 5) is 16.9. The van der Waals surface area contributed by atoms with E-state index in [0.29, 0.717) is 12.3 Å². The van der Waals surface area contributed by atoms with Crippen molar-refractivity contribution in [3.05, 3.63) is 102 Å². The van der Waals surface area contributed by atoms with Gasteiger partial charge in [-0.25, -0.2) is 0 Å². The van der Waals surface area contributed by atoms with E-state index in [0.717, 1.165) is 49.9 Å². The van der Waals surface area contributed by atoms with E-state index in [1.807, 2.05) is 44.2 Å². The molecular weight excluding hydrogens is 436 g/mol. The summed E-state index contributed by atoms with van der Waals surface area (Å²) in [5, 5.41) is 6.22. The highest BCUT2D eigenvalue weighted by Gasteiger charge is 2.19. The van der Waals surface area contributed by atoms with Crippen LogP contribution in [-0.2, 0) is 11.3 Å². The number of hydrogen-bond donors (Lipinski definition) is 1. The van der Waals surface area contributed by atoms with E-state index in [-0.39, 0.29) is 5.91 Å². The summed E-state index contributed by atoms with van der Waals surface area (Å²) in [6.07, 6.45) is 5.12. The molecule has 0 fully saturated rings. The highest BCUT2D eigenvalue weighted by atomic mass is 16.5. The fourth-order valence-electron chi connectivity index (χ4n) is 4.55. The molecule has 0 unspecified atom stereocenters. The Hall–Kier alpha value is -4.38. The highest BCUT2D eigenvalue weighted by molar-refractivity contribution is 6.07. The molecule has 0 spiro atoms. The summed E-state index contributed by atoms with van der Waals surface area (Å²) in [5.41, 5.74) is 6.25. The summed E-state index contributed by atoms with van der Waals surface area (Å²) >= 11 is 0. The molecule has 0 radical (unpaired) electrons.